The van der Waals surface area contributed by atoms with Crippen molar-refractivity contribution in [3.05, 3.63) is 24.0 Å². The Morgan fingerprint density at radius 2 is 2.33 bits per heavy atom. The van der Waals surface area contributed by atoms with Gasteiger partial charge in [0, 0.05) is 32.4 Å². The van der Waals surface area contributed by atoms with Crippen LogP contribution in [-0.2, 0) is 11.3 Å². The van der Waals surface area contributed by atoms with E-state index in [2.05, 4.69) is 28.2 Å². The van der Waals surface area contributed by atoms with Gasteiger partial charge in [0.25, 0.3) is 0 Å². The molecule has 1 N–H and O–H groups in total. The highest BCUT2D eigenvalue weighted by Crippen LogP contribution is 2.20. The number of anilines is 1. The molecule has 1 aliphatic heterocycles. The maximum atomic E-state index is 5.51. The van der Waals surface area contributed by atoms with E-state index in [4.69, 9.17) is 4.74 Å². The van der Waals surface area contributed by atoms with Crippen molar-refractivity contribution < 1.29 is 4.74 Å². The summed E-state index contributed by atoms with van der Waals surface area (Å²) < 4.78 is 5.51. The van der Waals surface area contributed by atoms with E-state index in [1.807, 2.05) is 12.4 Å². The molecule has 0 bridgehead atoms. The summed E-state index contributed by atoms with van der Waals surface area (Å²) >= 11 is 0. The first-order chi connectivity index (χ1) is 8.92. The van der Waals surface area contributed by atoms with E-state index < -0.39 is 0 Å². The zero-order chi connectivity index (χ0) is 12.6. The van der Waals surface area contributed by atoms with E-state index in [0.717, 1.165) is 52.2 Å². The fourth-order valence-corrected chi connectivity index (χ4v) is 2.24. The first-order valence-corrected chi connectivity index (χ1v) is 6.88. The molecule has 4 nitrogen and oxygen atoms in total. The van der Waals surface area contributed by atoms with Crippen LogP contribution >= 0.6 is 0 Å². The third-order valence-electron chi connectivity index (χ3n) is 3.19. The van der Waals surface area contributed by atoms with Gasteiger partial charge in [0.2, 0.25) is 0 Å². The van der Waals surface area contributed by atoms with E-state index in [1.54, 1.807) is 0 Å². The second-order valence-electron chi connectivity index (χ2n) is 4.63. The number of hydrogen-bond donors (Lipinski definition) is 1. The number of nitrogens with one attached hydrogen (secondary N) is 1. The van der Waals surface area contributed by atoms with Gasteiger partial charge in [0.1, 0.15) is 0 Å². The lowest BCUT2D eigenvalue weighted by molar-refractivity contribution is 0.152. The molecule has 0 saturated carbocycles. The van der Waals surface area contributed by atoms with Crippen molar-refractivity contribution in [2.24, 2.45) is 0 Å². The minimum Gasteiger partial charge on any atom is -0.380 e. The smallest absolute Gasteiger partial charge is 0.0641 e. The molecule has 1 aromatic heterocycles. The summed E-state index contributed by atoms with van der Waals surface area (Å²) in [6.45, 7) is 7.89. The van der Waals surface area contributed by atoms with Crippen LogP contribution in [0.5, 0.6) is 0 Å². The van der Waals surface area contributed by atoms with Gasteiger partial charge in [-0.2, -0.15) is 0 Å². The number of ether oxygens (including phenoxy) is 1. The van der Waals surface area contributed by atoms with Crippen molar-refractivity contribution in [1.82, 2.24) is 10.3 Å². The monoisotopic (exact) mass is 249 g/mol. The maximum absolute atomic E-state index is 5.51. The average Bonchev–Trinajstić information content (AvgIpc) is 2.68. The lowest BCUT2D eigenvalue weighted by Gasteiger charge is -2.24. The van der Waals surface area contributed by atoms with Crippen LogP contribution in [0.4, 0.5) is 5.69 Å². The van der Waals surface area contributed by atoms with Gasteiger partial charge in [0.05, 0.1) is 18.5 Å². The number of hydrogen-bond acceptors (Lipinski definition) is 4. The minimum atomic E-state index is 0.816. The third kappa shape index (κ3) is 3.68. The summed E-state index contributed by atoms with van der Waals surface area (Å²) in [5.41, 5.74) is 2.59. The summed E-state index contributed by atoms with van der Waals surface area (Å²) in [4.78, 5) is 6.66. The van der Waals surface area contributed by atoms with Crippen molar-refractivity contribution in [3.8, 4) is 0 Å². The highest BCUT2D eigenvalue weighted by atomic mass is 16.5. The largest absolute Gasteiger partial charge is 0.380 e. The van der Waals surface area contributed by atoms with Gasteiger partial charge in [-0.3, -0.25) is 4.98 Å². The first-order valence-electron chi connectivity index (χ1n) is 6.88. The summed E-state index contributed by atoms with van der Waals surface area (Å²) in [6.07, 6.45) is 6.11. The third-order valence-corrected chi connectivity index (χ3v) is 3.19. The molecule has 2 heterocycles. The molecule has 0 radical (unpaired) electrons. The molecule has 0 atom stereocenters. The molecule has 2 rings (SSSR count). The number of aromatic nitrogens is 1. The minimum absolute atomic E-state index is 0.816. The van der Waals surface area contributed by atoms with Crippen LogP contribution in [0.1, 0.15) is 25.3 Å². The van der Waals surface area contributed by atoms with E-state index in [-0.39, 0.29) is 0 Å². The number of rotatable bonds is 5. The Morgan fingerprint density at radius 1 is 1.39 bits per heavy atom. The molecule has 1 aliphatic rings. The van der Waals surface area contributed by atoms with Crippen molar-refractivity contribution in [3.63, 3.8) is 0 Å². The average molecular weight is 249 g/mol. The van der Waals surface area contributed by atoms with Gasteiger partial charge in [0.15, 0.2) is 0 Å². The Balaban J connectivity index is 2.05. The van der Waals surface area contributed by atoms with Crippen LogP contribution in [0.3, 0.4) is 0 Å². The highest BCUT2D eigenvalue weighted by molar-refractivity contribution is 5.51. The van der Waals surface area contributed by atoms with Crippen molar-refractivity contribution in [1.29, 1.82) is 0 Å². The normalized spacial score (nSPS) is 16.6. The molecule has 0 aromatic carbocycles. The van der Waals surface area contributed by atoms with E-state index in [0.29, 0.717) is 0 Å². The molecule has 0 aliphatic carbocycles. The molecule has 100 valence electrons. The Labute approximate surface area is 109 Å². The second kappa shape index (κ2) is 7.34. The summed E-state index contributed by atoms with van der Waals surface area (Å²) in [7, 11) is 0. The van der Waals surface area contributed by atoms with Crippen molar-refractivity contribution >= 4 is 5.69 Å². The van der Waals surface area contributed by atoms with Crippen LogP contribution in [-0.4, -0.2) is 37.8 Å². The predicted molar refractivity (Wildman–Crippen MR) is 73.9 cm³/mol. The fourth-order valence-electron chi connectivity index (χ4n) is 2.24. The standard InChI is InChI=1S/C14H23N3O/c1-2-5-15-11-13-4-6-16-12-14(13)17-7-3-9-18-10-8-17/h4,6,12,15H,2-3,5,7-11H2,1H3. The molecule has 4 heteroatoms. The molecule has 1 aromatic rings. The van der Waals surface area contributed by atoms with Crippen LogP contribution in [0.2, 0.25) is 0 Å². The first kappa shape index (κ1) is 13.3. The topological polar surface area (TPSA) is 37.4 Å². The van der Waals surface area contributed by atoms with Gasteiger partial charge < -0.3 is 15.0 Å². The van der Waals surface area contributed by atoms with E-state index in [1.165, 1.54) is 11.3 Å². The summed E-state index contributed by atoms with van der Waals surface area (Å²) in [5.74, 6) is 0. The molecule has 1 fully saturated rings. The van der Waals surface area contributed by atoms with Gasteiger partial charge in [-0.05, 0) is 31.0 Å². The SMILES string of the molecule is CCCNCc1ccncc1N1CCCOCC1. The van der Waals surface area contributed by atoms with Gasteiger partial charge in [-0.25, -0.2) is 0 Å². The van der Waals surface area contributed by atoms with E-state index >= 15 is 0 Å². The molecule has 0 spiro atoms. The zero-order valence-corrected chi connectivity index (χ0v) is 11.2. The molecule has 1 saturated heterocycles. The van der Waals surface area contributed by atoms with Crippen molar-refractivity contribution in [2.75, 3.05) is 37.7 Å². The highest BCUT2D eigenvalue weighted by Gasteiger charge is 2.13. The van der Waals surface area contributed by atoms with Crippen molar-refractivity contribution in [2.45, 2.75) is 26.3 Å². The van der Waals surface area contributed by atoms with E-state index in [9.17, 15) is 0 Å². The van der Waals surface area contributed by atoms with Crippen LogP contribution in [0.25, 0.3) is 0 Å². The number of nitrogens with zero attached hydrogens (tertiary/aromatic N) is 2. The van der Waals surface area contributed by atoms with Gasteiger partial charge >= 0.3 is 0 Å². The summed E-state index contributed by atoms with van der Waals surface area (Å²) in [5, 5.41) is 3.46. The number of pyridine rings is 1. The van der Waals surface area contributed by atoms with Gasteiger partial charge in [-0.15, -0.1) is 0 Å². The van der Waals surface area contributed by atoms with Gasteiger partial charge in [-0.1, -0.05) is 6.92 Å². The molecule has 0 amide bonds. The quantitative estimate of drug-likeness (QED) is 0.808. The van der Waals surface area contributed by atoms with Crippen LogP contribution in [0.15, 0.2) is 18.5 Å². The maximum Gasteiger partial charge on any atom is 0.0641 e. The van der Waals surface area contributed by atoms with Crippen LogP contribution in [0, 0.1) is 0 Å². The predicted octanol–water partition coefficient (Wildman–Crippen LogP) is 1.81. The van der Waals surface area contributed by atoms with Crippen LogP contribution < -0.4 is 10.2 Å². The molecule has 18 heavy (non-hydrogen) atoms. The Hall–Kier alpha value is -1.13. The molecular weight excluding hydrogens is 226 g/mol. The molecular formula is C14H23N3O. The second-order valence-corrected chi connectivity index (χ2v) is 4.63. The zero-order valence-electron chi connectivity index (χ0n) is 11.2. The Morgan fingerprint density at radius 3 is 3.22 bits per heavy atom. The summed E-state index contributed by atoms with van der Waals surface area (Å²) in [6, 6.07) is 2.11. The Kier molecular flexibility index (Phi) is 5.42. The molecule has 0 unspecified atom stereocenters. The Bertz CT molecular complexity index is 349. The lowest BCUT2D eigenvalue weighted by atomic mass is 10.2. The fraction of sp³-hybridized carbons (Fsp3) is 0.643. The lowest BCUT2D eigenvalue weighted by Crippen LogP contribution is -2.28.